The molecule has 7 heteroatoms. The zero-order valence-electron chi connectivity index (χ0n) is 10.5. The minimum Gasteiger partial charge on any atom is -0.341 e. The Balaban J connectivity index is 2.29. The minimum atomic E-state index is -3.95. The molecular weight excluding hydrogens is 271 g/mol. The predicted molar refractivity (Wildman–Crippen MR) is 67.5 cm³/mol. The lowest BCUT2D eigenvalue weighted by Gasteiger charge is -2.17. The lowest BCUT2D eigenvalue weighted by molar-refractivity contribution is 0.0784. The average molecular weight is 286 g/mol. The van der Waals surface area contributed by atoms with Gasteiger partial charge in [-0.3, -0.25) is 4.79 Å². The molecule has 1 aliphatic rings. The first kappa shape index (κ1) is 14.0. The van der Waals surface area contributed by atoms with Crippen LogP contribution >= 0.6 is 0 Å². The highest BCUT2D eigenvalue weighted by molar-refractivity contribution is 7.89. The highest BCUT2D eigenvalue weighted by atomic mass is 32.2. The number of carbonyl (C=O) groups is 1. The van der Waals surface area contributed by atoms with E-state index in [2.05, 4.69) is 0 Å². The number of nitrogens with zero attached hydrogens (tertiary/aromatic N) is 1. The van der Waals surface area contributed by atoms with Gasteiger partial charge in [-0.15, -0.1) is 0 Å². The van der Waals surface area contributed by atoms with Crippen LogP contribution in [-0.4, -0.2) is 32.8 Å². The Hall–Kier alpha value is -1.47. The molecule has 1 fully saturated rings. The second-order valence-corrected chi connectivity index (χ2v) is 6.38. The number of nitrogens with two attached hydrogens (primary N) is 1. The van der Waals surface area contributed by atoms with Crippen molar-refractivity contribution in [2.45, 2.75) is 17.7 Å². The van der Waals surface area contributed by atoms with Gasteiger partial charge in [0.25, 0.3) is 5.91 Å². The summed E-state index contributed by atoms with van der Waals surface area (Å²) in [7, 11) is -2.38. The van der Waals surface area contributed by atoms with Crippen molar-refractivity contribution in [3.8, 4) is 0 Å². The molecule has 0 radical (unpaired) electrons. The SMILES string of the molecule is CN(CC1CC1)C(=O)c1cc(S(N)(=O)=O)ccc1F. The number of primary sulfonamides is 1. The topological polar surface area (TPSA) is 80.5 Å². The Bertz CT molecular complexity index is 611. The van der Waals surface area contributed by atoms with Gasteiger partial charge in [0.1, 0.15) is 5.82 Å². The summed E-state index contributed by atoms with van der Waals surface area (Å²) in [6.07, 6.45) is 2.13. The zero-order valence-corrected chi connectivity index (χ0v) is 11.3. The van der Waals surface area contributed by atoms with Gasteiger partial charge in [0.15, 0.2) is 0 Å². The van der Waals surface area contributed by atoms with Gasteiger partial charge in [-0.05, 0) is 37.0 Å². The van der Waals surface area contributed by atoms with Crippen LogP contribution in [0.3, 0.4) is 0 Å². The van der Waals surface area contributed by atoms with Crippen molar-refractivity contribution in [3.05, 3.63) is 29.6 Å². The number of hydrogen-bond acceptors (Lipinski definition) is 3. The quantitative estimate of drug-likeness (QED) is 0.895. The van der Waals surface area contributed by atoms with E-state index in [1.165, 1.54) is 4.90 Å². The largest absolute Gasteiger partial charge is 0.341 e. The summed E-state index contributed by atoms with van der Waals surface area (Å²) in [6, 6.07) is 2.97. The van der Waals surface area contributed by atoms with Crippen LogP contribution in [0.1, 0.15) is 23.2 Å². The van der Waals surface area contributed by atoms with E-state index in [0.717, 1.165) is 31.0 Å². The standard InChI is InChI=1S/C12H15FN2O3S/c1-15(7-8-2-3-8)12(16)10-6-9(19(14,17)18)4-5-11(10)13/h4-6,8H,2-3,7H2,1H3,(H2,14,17,18). The van der Waals surface area contributed by atoms with Crippen molar-refractivity contribution in [1.29, 1.82) is 0 Å². The van der Waals surface area contributed by atoms with Gasteiger partial charge in [-0.1, -0.05) is 0 Å². The first-order chi connectivity index (χ1) is 8.79. The molecule has 104 valence electrons. The first-order valence-corrected chi connectivity index (χ1v) is 7.41. The Morgan fingerprint density at radius 2 is 2.11 bits per heavy atom. The molecule has 0 spiro atoms. The lowest BCUT2D eigenvalue weighted by Crippen LogP contribution is -2.29. The van der Waals surface area contributed by atoms with Gasteiger partial charge in [-0.2, -0.15) is 0 Å². The van der Waals surface area contributed by atoms with Crippen LogP contribution in [-0.2, 0) is 10.0 Å². The second-order valence-electron chi connectivity index (χ2n) is 4.82. The molecule has 2 N–H and O–H groups in total. The molecule has 0 atom stereocenters. The van der Waals surface area contributed by atoms with E-state index in [1.807, 2.05) is 0 Å². The number of carbonyl (C=O) groups excluding carboxylic acids is 1. The minimum absolute atomic E-state index is 0.267. The number of hydrogen-bond donors (Lipinski definition) is 1. The molecule has 1 saturated carbocycles. The highest BCUT2D eigenvalue weighted by Gasteiger charge is 2.26. The van der Waals surface area contributed by atoms with Crippen LogP contribution < -0.4 is 5.14 Å². The van der Waals surface area contributed by atoms with Crippen LogP contribution in [0.15, 0.2) is 23.1 Å². The van der Waals surface area contributed by atoms with Gasteiger partial charge < -0.3 is 4.90 Å². The average Bonchev–Trinajstić information content (AvgIpc) is 3.11. The molecule has 0 aliphatic heterocycles. The highest BCUT2D eigenvalue weighted by Crippen LogP contribution is 2.29. The number of amides is 1. The fraction of sp³-hybridized carbons (Fsp3) is 0.417. The summed E-state index contributed by atoms with van der Waals surface area (Å²) in [5.74, 6) is -0.812. The Morgan fingerprint density at radius 3 is 2.63 bits per heavy atom. The van der Waals surface area contributed by atoms with Gasteiger partial charge in [-0.25, -0.2) is 17.9 Å². The Kier molecular flexibility index (Phi) is 3.60. The number of benzene rings is 1. The van der Waals surface area contributed by atoms with Crippen molar-refractivity contribution in [2.24, 2.45) is 11.1 Å². The molecule has 1 amide bonds. The van der Waals surface area contributed by atoms with Crippen LogP contribution in [0, 0.1) is 11.7 Å². The number of halogens is 1. The number of sulfonamides is 1. The molecule has 5 nitrogen and oxygen atoms in total. The monoisotopic (exact) mass is 286 g/mol. The Labute approximate surface area is 111 Å². The van der Waals surface area contributed by atoms with Crippen molar-refractivity contribution in [3.63, 3.8) is 0 Å². The van der Waals surface area contributed by atoms with Crippen molar-refractivity contribution in [2.75, 3.05) is 13.6 Å². The molecule has 19 heavy (non-hydrogen) atoms. The summed E-state index contributed by atoms with van der Waals surface area (Å²) in [6.45, 7) is 0.553. The van der Waals surface area contributed by atoms with Gasteiger partial charge >= 0.3 is 0 Å². The maximum absolute atomic E-state index is 13.6. The summed E-state index contributed by atoms with van der Waals surface area (Å²) in [5, 5.41) is 4.97. The maximum Gasteiger partial charge on any atom is 0.256 e. The van der Waals surface area contributed by atoms with Crippen LogP contribution in [0.25, 0.3) is 0 Å². The smallest absolute Gasteiger partial charge is 0.256 e. The molecule has 0 aromatic heterocycles. The van der Waals surface area contributed by atoms with E-state index in [4.69, 9.17) is 5.14 Å². The van der Waals surface area contributed by atoms with Crippen molar-refractivity contribution >= 4 is 15.9 Å². The fourth-order valence-corrected chi connectivity index (χ4v) is 2.36. The molecule has 1 aromatic rings. The van der Waals surface area contributed by atoms with Crippen LogP contribution in [0.4, 0.5) is 4.39 Å². The molecule has 0 unspecified atom stereocenters. The molecule has 1 aliphatic carbocycles. The van der Waals surface area contributed by atoms with Crippen LogP contribution in [0.2, 0.25) is 0 Å². The lowest BCUT2D eigenvalue weighted by atomic mass is 10.2. The van der Waals surface area contributed by atoms with E-state index in [1.54, 1.807) is 7.05 Å². The van der Waals surface area contributed by atoms with E-state index in [-0.39, 0.29) is 10.5 Å². The molecule has 2 rings (SSSR count). The van der Waals surface area contributed by atoms with E-state index in [0.29, 0.717) is 12.5 Å². The van der Waals surface area contributed by atoms with Crippen molar-refractivity contribution < 1.29 is 17.6 Å². The second kappa shape index (κ2) is 4.90. The van der Waals surface area contributed by atoms with E-state index < -0.39 is 21.7 Å². The molecule has 0 heterocycles. The predicted octanol–water partition coefficient (Wildman–Crippen LogP) is 0.955. The van der Waals surface area contributed by atoms with Gasteiger partial charge in [0, 0.05) is 13.6 Å². The maximum atomic E-state index is 13.6. The summed E-state index contributed by atoms with van der Waals surface area (Å²) >= 11 is 0. The summed E-state index contributed by atoms with van der Waals surface area (Å²) in [5.41, 5.74) is -0.269. The molecular formula is C12H15FN2O3S. The third-order valence-electron chi connectivity index (χ3n) is 3.07. The third-order valence-corrected chi connectivity index (χ3v) is 3.98. The molecule has 0 bridgehead atoms. The van der Waals surface area contributed by atoms with E-state index in [9.17, 15) is 17.6 Å². The van der Waals surface area contributed by atoms with Crippen molar-refractivity contribution in [1.82, 2.24) is 4.90 Å². The third kappa shape index (κ3) is 3.30. The Morgan fingerprint density at radius 1 is 1.47 bits per heavy atom. The molecule has 1 aromatic carbocycles. The number of rotatable bonds is 4. The zero-order chi connectivity index (χ0) is 14.2. The van der Waals surface area contributed by atoms with E-state index >= 15 is 0 Å². The first-order valence-electron chi connectivity index (χ1n) is 5.87. The van der Waals surface area contributed by atoms with Gasteiger partial charge in [0.2, 0.25) is 10.0 Å². The summed E-state index contributed by atoms with van der Waals surface area (Å²) < 4.78 is 36.1. The summed E-state index contributed by atoms with van der Waals surface area (Å²) in [4.78, 5) is 13.2. The fourth-order valence-electron chi connectivity index (χ4n) is 1.82. The van der Waals surface area contributed by atoms with Crippen LogP contribution in [0.5, 0.6) is 0 Å². The van der Waals surface area contributed by atoms with Gasteiger partial charge in [0.05, 0.1) is 10.5 Å². The molecule has 0 saturated heterocycles. The normalized spacial score (nSPS) is 15.3.